The normalized spacial score (nSPS) is 17.9. The molecular formula is C25H26FN5O3. The molecule has 1 aromatic carbocycles. The van der Waals surface area contributed by atoms with Gasteiger partial charge in [0.25, 0.3) is 0 Å². The molecule has 0 amide bonds. The zero-order valence-corrected chi connectivity index (χ0v) is 19.0. The van der Waals surface area contributed by atoms with Gasteiger partial charge in [0.05, 0.1) is 11.4 Å². The van der Waals surface area contributed by atoms with Crippen LogP contribution in [0.1, 0.15) is 48.5 Å². The molecule has 3 aromatic rings. The van der Waals surface area contributed by atoms with Crippen molar-refractivity contribution in [3.8, 4) is 0 Å². The number of benzene rings is 1. The molecule has 0 aliphatic carbocycles. The van der Waals surface area contributed by atoms with Gasteiger partial charge in [0.2, 0.25) is 0 Å². The fourth-order valence-electron chi connectivity index (χ4n) is 4.49. The molecular weight excluding hydrogens is 437 g/mol. The minimum absolute atomic E-state index is 0.125. The number of anilines is 1. The van der Waals surface area contributed by atoms with Crippen molar-refractivity contribution < 1.29 is 18.7 Å². The van der Waals surface area contributed by atoms with Crippen LogP contribution in [0.25, 0.3) is 0 Å². The highest BCUT2D eigenvalue weighted by Crippen LogP contribution is 2.33. The number of ether oxygens (including phenoxy) is 2. The first-order valence-electron chi connectivity index (χ1n) is 11.5. The summed E-state index contributed by atoms with van der Waals surface area (Å²) in [6.45, 7) is 3.79. The van der Waals surface area contributed by atoms with Crippen molar-refractivity contribution in [3.63, 3.8) is 0 Å². The van der Waals surface area contributed by atoms with E-state index in [1.165, 1.54) is 12.1 Å². The van der Waals surface area contributed by atoms with E-state index in [1.54, 1.807) is 30.7 Å². The number of hydrogen-bond acceptors (Lipinski definition) is 8. The molecule has 8 nitrogen and oxygen atoms in total. The van der Waals surface area contributed by atoms with Gasteiger partial charge >= 0.3 is 6.16 Å². The first-order valence-corrected chi connectivity index (χ1v) is 11.5. The number of piperidine rings is 1. The molecule has 1 spiro atoms. The summed E-state index contributed by atoms with van der Waals surface area (Å²) in [5.41, 5.74) is 2.21. The van der Waals surface area contributed by atoms with E-state index in [-0.39, 0.29) is 11.7 Å². The summed E-state index contributed by atoms with van der Waals surface area (Å²) in [5, 5.41) is 0. The lowest BCUT2D eigenvalue weighted by atomic mass is 9.92. The minimum atomic E-state index is -0.584. The number of carbonyl (C=O) groups excluding carboxylic acids is 1. The Morgan fingerprint density at radius 1 is 1.12 bits per heavy atom. The molecule has 176 valence electrons. The van der Waals surface area contributed by atoms with Crippen molar-refractivity contribution >= 4 is 12.0 Å². The second-order valence-corrected chi connectivity index (χ2v) is 8.97. The third-order valence-corrected chi connectivity index (χ3v) is 6.47. The number of rotatable bonds is 6. The molecule has 0 unspecified atom stereocenters. The number of halogens is 1. The summed E-state index contributed by atoms with van der Waals surface area (Å²) < 4.78 is 23.8. The van der Waals surface area contributed by atoms with Gasteiger partial charge in [-0.05, 0) is 23.6 Å². The van der Waals surface area contributed by atoms with Gasteiger partial charge in [-0.25, -0.2) is 19.2 Å². The second kappa shape index (κ2) is 9.32. The molecule has 2 fully saturated rings. The van der Waals surface area contributed by atoms with Crippen LogP contribution in [-0.4, -0.2) is 51.4 Å². The maximum Gasteiger partial charge on any atom is 0.509 e. The van der Waals surface area contributed by atoms with Gasteiger partial charge in [-0.2, -0.15) is 0 Å². The number of cyclic esters (lactones) is 1. The third-order valence-electron chi connectivity index (χ3n) is 6.47. The second-order valence-electron chi connectivity index (χ2n) is 8.97. The van der Waals surface area contributed by atoms with E-state index in [0.29, 0.717) is 45.4 Å². The van der Waals surface area contributed by atoms with Gasteiger partial charge in [0, 0.05) is 63.4 Å². The fraction of sp³-hybridized carbons (Fsp3) is 0.400. The Balaban J connectivity index is 1.38. The van der Waals surface area contributed by atoms with Crippen LogP contribution in [0.15, 0.2) is 48.9 Å². The van der Waals surface area contributed by atoms with Crippen molar-refractivity contribution in [1.29, 1.82) is 0 Å². The summed E-state index contributed by atoms with van der Waals surface area (Å²) in [7, 11) is 0. The zero-order chi connectivity index (χ0) is 23.5. The van der Waals surface area contributed by atoms with Crippen LogP contribution in [-0.2, 0) is 22.3 Å². The van der Waals surface area contributed by atoms with Crippen LogP contribution in [0.2, 0.25) is 0 Å². The monoisotopic (exact) mass is 463 g/mol. The van der Waals surface area contributed by atoms with Gasteiger partial charge in [0.15, 0.2) is 5.60 Å². The van der Waals surface area contributed by atoms with Crippen molar-refractivity contribution in [2.45, 2.75) is 44.1 Å². The lowest BCUT2D eigenvalue weighted by molar-refractivity contribution is 0.0365. The molecule has 34 heavy (non-hydrogen) atoms. The van der Waals surface area contributed by atoms with Gasteiger partial charge in [-0.3, -0.25) is 9.97 Å². The van der Waals surface area contributed by atoms with E-state index in [0.717, 1.165) is 28.6 Å². The van der Waals surface area contributed by atoms with Crippen LogP contribution < -0.4 is 4.90 Å². The van der Waals surface area contributed by atoms with Crippen LogP contribution in [0.5, 0.6) is 0 Å². The lowest BCUT2D eigenvalue weighted by Crippen LogP contribution is -2.46. The molecule has 2 aromatic heterocycles. The van der Waals surface area contributed by atoms with Gasteiger partial charge in [0.1, 0.15) is 24.1 Å². The van der Waals surface area contributed by atoms with Crippen molar-refractivity contribution in [2.24, 2.45) is 0 Å². The first-order chi connectivity index (χ1) is 16.5. The SMILES string of the molecule is C[C@H](Cc1nc(Cc2cnccn2)cc(N2CCC3(CC2)COC(=O)O3)n1)c1ccc(F)cc1. The molecule has 0 radical (unpaired) electrons. The Hall–Kier alpha value is -3.62. The number of carbonyl (C=O) groups is 1. The highest BCUT2D eigenvalue weighted by atomic mass is 19.1. The maximum absolute atomic E-state index is 13.4. The van der Waals surface area contributed by atoms with Crippen LogP contribution in [0, 0.1) is 5.82 Å². The van der Waals surface area contributed by atoms with E-state index in [9.17, 15) is 9.18 Å². The molecule has 5 rings (SSSR count). The minimum Gasteiger partial charge on any atom is -0.430 e. The van der Waals surface area contributed by atoms with Gasteiger partial charge < -0.3 is 14.4 Å². The maximum atomic E-state index is 13.4. The molecule has 9 heteroatoms. The van der Waals surface area contributed by atoms with E-state index >= 15 is 0 Å². The summed E-state index contributed by atoms with van der Waals surface area (Å²) >= 11 is 0. The summed E-state index contributed by atoms with van der Waals surface area (Å²) in [6.07, 6.45) is 7.01. The molecule has 0 bridgehead atoms. The van der Waals surface area contributed by atoms with E-state index in [1.807, 2.05) is 6.07 Å². The number of nitrogens with zero attached hydrogens (tertiary/aromatic N) is 5. The number of aromatic nitrogens is 4. The van der Waals surface area contributed by atoms with Crippen molar-refractivity contribution in [3.05, 3.63) is 77.5 Å². The largest absolute Gasteiger partial charge is 0.509 e. The highest BCUT2D eigenvalue weighted by molar-refractivity contribution is 5.63. The van der Waals surface area contributed by atoms with Crippen LogP contribution in [0.4, 0.5) is 15.0 Å². The van der Waals surface area contributed by atoms with Crippen LogP contribution >= 0.6 is 0 Å². The predicted octanol–water partition coefficient (Wildman–Crippen LogP) is 3.85. The Morgan fingerprint density at radius 3 is 2.59 bits per heavy atom. The molecule has 0 saturated carbocycles. The molecule has 0 N–H and O–H groups in total. The third kappa shape index (κ3) is 4.98. The van der Waals surface area contributed by atoms with Gasteiger partial charge in [-0.15, -0.1) is 0 Å². The summed E-state index contributed by atoms with van der Waals surface area (Å²) in [4.78, 5) is 31.9. The smallest absolute Gasteiger partial charge is 0.430 e. The lowest BCUT2D eigenvalue weighted by Gasteiger charge is -2.37. The molecule has 2 saturated heterocycles. The molecule has 2 aliphatic rings. The van der Waals surface area contributed by atoms with E-state index in [4.69, 9.17) is 19.4 Å². The van der Waals surface area contributed by atoms with Gasteiger partial charge in [-0.1, -0.05) is 19.1 Å². The van der Waals surface area contributed by atoms with E-state index < -0.39 is 11.8 Å². The fourth-order valence-corrected chi connectivity index (χ4v) is 4.49. The average Bonchev–Trinajstić information content (AvgIpc) is 3.20. The Bertz CT molecular complexity index is 1150. The molecule has 4 heterocycles. The van der Waals surface area contributed by atoms with Crippen molar-refractivity contribution in [2.75, 3.05) is 24.6 Å². The Kier molecular flexibility index (Phi) is 6.08. The topological polar surface area (TPSA) is 90.3 Å². The average molecular weight is 464 g/mol. The first kappa shape index (κ1) is 22.2. The molecule has 2 aliphatic heterocycles. The van der Waals surface area contributed by atoms with E-state index in [2.05, 4.69) is 21.8 Å². The standard InChI is InChI=1S/C25H26FN5O3/c1-17(18-2-4-19(26)5-3-18)12-22-29-20(13-21-15-27-8-9-28-21)14-23(30-22)31-10-6-25(7-11-31)16-33-24(32)34-25/h2-5,8-9,14-15,17H,6-7,10-13,16H2,1H3/t17-/m1/s1. The summed E-state index contributed by atoms with van der Waals surface area (Å²) in [5.74, 6) is 1.45. The molecule has 1 atom stereocenters. The highest BCUT2D eigenvalue weighted by Gasteiger charge is 2.45. The Labute approximate surface area is 197 Å². The quantitative estimate of drug-likeness (QED) is 0.509. The Morgan fingerprint density at radius 2 is 1.91 bits per heavy atom. The predicted molar refractivity (Wildman–Crippen MR) is 122 cm³/mol. The summed E-state index contributed by atoms with van der Waals surface area (Å²) in [6, 6.07) is 8.56. The number of hydrogen-bond donors (Lipinski definition) is 0. The van der Waals surface area contributed by atoms with Crippen LogP contribution in [0.3, 0.4) is 0 Å². The van der Waals surface area contributed by atoms with Crippen molar-refractivity contribution in [1.82, 2.24) is 19.9 Å². The zero-order valence-electron chi connectivity index (χ0n) is 19.0.